The first kappa shape index (κ1) is 19.6. The molecule has 142 valence electrons. The molecule has 4 nitrogen and oxygen atoms in total. The molecule has 0 saturated heterocycles. The Balaban J connectivity index is 1.63. The minimum Gasteiger partial charge on any atom is -0.490 e. The highest BCUT2D eigenvalue weighted by molar-refractivity contribution is 9.10. The number of aliphatic hydroxyl groups is 1. The molecule has 1 unspecified atom stereocenters. The number of furan rings is 1. The van der Waals surface area contributed by atoms with Crippen LogP contribution >= 0.6 is 15.9 Å². The lowest BCUT2D eigenvalue weighted by Crippen LogP contribution is -2.35. The highest BCUT2D eigenvalue weighted by atomic mass is 79.9. The standard InChI is InChI=1S/C21H21BrFNO3/c22-19-8-2-4-10-21(19)27-15-17(25)13-24(14-18-7-5-11-26-18)12-16-6-1-3-9-20(16)23/h1-11,17,25H,12-15H2. The van der Waals surface area contributed by atoms with E-state index in [0.717, 1.165) is 10.2 Å². The van der Waals surface area contributed by atoms with Gasteiger partial charge >= 0.3 is 0 Å². The first-order chi connectivity index (χ1) is 13.1. The maximum atomic E-state index is 14.0. The zero-order valence-corrected chi connectivity index (χ0v) is 16.3. The fourth-order valence-electron chi connectivity index (χ4n) is 2.77. The average Bonchev–Trinajstić information content (AvgIpc) is 3.16. The third-order valence-corrected chi connectivity index (χ3v) is 4.70. The van der Waals surface area contributed by atoms with Gasteiger partial charge in [-0.2, -0.15) is 0 Å². The summed E-state index contributed by atoms with van der Waals surface area (Å²) in [6.45, 7) is 1.28. The molecule has 0 fully saturated rings. The summed E-state index contributed by atoms with van der Waals surface area (Å²) < 4.78 is 26.0. The summed E-state index contributed by atoms with van der Waals surface area (Å²) in [5.74, 6) is 1.16. The first-order valence-electron chi connectivity index (χ1n) is 8.65. The molecule has 3 rings (SSSR count). The number of rotatable bonds is 9. The summed E-state index contributed by atoms with van der Waals surface area (Å²) in [6.07, 6.45) is 0.863. The van der Waals surface area contributed by atoms with Gasteiger partial charge in [-0.05, 0) is 46.3 Å². The van der Waals surface area contributed by atoms with Gasteiger partial charge < -0.3 is 14.3 Å². The van der Waals surface area contributed by atoms with Gasteiger partial charge in [-0.1, -0.05) is 30.3 Å². The molecule has 0 amide bonds. The molecule has 6 heteroatoms. The molecule has 0 spiro atoms. The van der Waals surface area contributed by atoms with Gasteiger partial charge in [0, 0.05) is 18.7 Å². The maximum Gasteiger partial charge on any atom is 0.133 e. The van der Waals surface area contributed by atoms with E-state index in [4.69, 9.17) is 9.15 Å². The van der Waals surface area contributed by atoms with E-state index >= 15 is 0 Å². The van der Waals surface area contributed by atoms with Crippen LogP contribution < -0.4 is 4.74 Å². The highest BCUT2D eigenvalue weighted by Gasteiger charge is 2.16. The van der Waals surface area contributed by atoms with Gasteiger partial charge in [0.05, 0.1) is 17.3 Å². The van der Waals surface area contributed by atoms with E-state index in [1.165, 1.54) is 6.07 Å². The van der Waals surface area contributed by atoms with E-state index in [-0.39, 0.29) is 12.4 Å². The van der Waals surface area contributed by atoms with Crippen molar-refractivity contribution in [2.24, 2.45) is 0 Å². The van der Waals surface area contributed by atoms with Crippen molar-refractivity contribution < 1.29 is 18.7 Å². The van der Waals surface area contributed by atoms with Crippen molar-refractivity contribution in [3.05, 3.63) is 88.5 Å². The zero-order valence-electron chi connectivity index (χ0n) is 14.7. The topological polar surface area (TPSA) is 45.8 Å². The normalized spacial score (nSPS) is 12.3. The SMILES string of the molecule is OC(COc1ccccc1Br)CN(Cc1ccco1)Cc1ccccc1F. The van der Waals surface area contributed by atoms with Gasteiger partial charge in [0.25, 0.3) is 0 Å². The molecule has 1 aromatic heterocycles. The lowest BCUT2D eigenvalue weighted by atomic mass is 10.2. The Morgan fingerprint density at radius 3 is 2.56 bits per heavy atom. The van der Waals surface area contributed by atoms with Crippen molar-refractivity contribution in [2.75, 3.05) is 13.2 Å². The summed E-state index contributed by atoms with van der Waals surface area (Å²) in [7, 11) is 0. The molecular weight excluding hydrogens is 413 g/mol. The Hall–Kier alpha value is -2.15. The van der Waals surface area contributed by atoms with E-state index in [2.05, 4.69) is 15.9 Å². The van der Waals surface area contributed by atoms with E-state index < -0.39 is 6.10 Å². The van der Waals surface area contributed by atoms with Crippen molar-refractivity contribution in [3.63, 3.8) is 0 Å². The number of hydrogen-bond acceptors (Lipinski definition) is 4. The van der Waals surface area contributed by atoms with Crippen LogP contribution in [0.5, 0.6) is 5.75 Å². The Morgan fingerprint density at radius 1 is 1.04 bits per heavy atom. The monoisotopic (exact) mass is 433 g/mol. The lowest BCUT2D eigenvalue weighted by Gasteiger charge is -2.24. The van der Waals surface area contributed by atoms with Gasteiger partial charge in [-0.25, -0.2) is 4.39 Å². The highest BCUT2D eigenvalue weighted by Crippen LogP contribution is 2.24. The number of ether oxygens (including phenoxy) is 1. The molecule has 0 bridgehead atoms. The molecular formula is C21H21BrFNO3. The maximum absolute atomic E-state index is 14.0. The van der Waals surface area contributed by atoms with Crippen molar-refractivity contribution in [1.29, 1.82) is 0 Å². The number of nitrogens with zero attached hydrogens (tertiary/aromatic N) is 1. The molecule has 1 atom stereocenters. The number of halogens is 2. The number of aliphatic hydroxyl groups excluding tert-OH is 1. The van der Waals surface area contributed by atoms with Crippen molar-refractivity contribution in [1.82, 2.24) is 4.90 Å². The quantitative estimate of drug-likeness (QED) is 0.534. The molecule has 3 aromatic rings. The fraction of sp³-hybridized carbons (Fsp3) is 0.238. The largest absolute Gasteiger partial charge is 0.490 e. The van der Waals surface area contributed by atoms with Gasteiger partial charge in [0.2, 0.25) is 0 Å². The minimum absolute atomic E-state index is 0.133. The molecule has 0 aliphatic heterocycles. The second-order valence-corrected chi connectivity index (χ2v) is 7.09. The van der Waals surface area contributed by atoms with Crippen LogP contribution in [0.15, 0.2) is 75.8 Å². The zero-order chi connectivity index (χ0) is 19.1. The van der Waals surface area contributed by atoms with Gasteiger partial charge in [0.15, 0.2) is 0 Å². The summed E-state index contributed by atoms with van der Waals surface area (Å²) in [6, 6.07) is 17.8. The van der Waals surface area contributed by atoms with E-state index in [9.17, 15) is 9.50 Å². The Bertz CT molecular complexity index is 841. The van der Waals surface area contributed by atoms with Crippen LogP contribution in [0.25, 0.3) is 0 Å². The molecule has 1 heterocycles. The van der Waals surface area contributed by atoms with Crippen molar-refractivity contribution in [2.45, 2.75) is 19.2 Å². The molecule has 0 aliphatic carbocycles. The third kappa shape index (κ3) is 5.92. The second kappa shape index (κ2) is 9.69. The van der Waals surface area contributed by atoms with Gasteiger partial charge in [-0.3, -0.25) is 4.90 Å². The summed E-state index contributed by atoms with van der Waals surface area (Å²) in [5, 5.41) is 10.4. The van der Waals surface area contributed by atoms with E-state index in [1.807, 2.05) is 41.3 Å². The van der Waals surface area contributed by atoms with Crippen molar-refractivity contribution >= 4 is 15.9 Å². The molecule has 0 aliphatic rings. The van der Waals surface area contributed by atoms with Gasteiger partial charge in [-0.15, -0.1) is 0 Å². The van der Waals surface area contributed by atoms with Crippen LogP contribution in [0.2, 0.25) is 0 Å². The number of hydrogen-bond donors (Lipinski definition) is 1. The summed E-state index contributed by atoms with van der Waals surface area (Å²) in [4.78, 5) is 1.94. The van der Waals surface area contributed by atoms with Crippen molar-refractivity contribution in [3.8, 4) is 5.75 Å². The van der Waals surface area contributed by atoms with Crippen LogP contribution in [-0.2, 0) is 13.1 Å². The third-order valence-electron chi connectivity index (χ3n) is 4.05. The average molecular weight is 434 g/mol. The Kier molecular flexibility index (Phi) is 7.04. The minimum atomic E-state index is -0.737. The molecule has 0 saturated carbocycles. The van der Waals surface area contributed by atoms with Crippen LogP contribution in [0.3, 0.4) is 0 Å². The summed E-state index contributed by atoms with van der Waals surface area (Å²) >= 11 is 3.42. The predicted octanol–water partition coefficient (Wildman–Crippen LogP) is 4.62. The van der Waals surface area contributed by atoms with Crippen LogP contribution in [0.4, 0.5) is 4.39 Å². The predicted molar refractivity (Wildman–Crippen MR) is 105 cm³/mol. The Labute approximate surface area is 166 Å². The first-order valence-corrected chi connectivity index (χ1v) is 9.44. The van der Waals surface area contributed by atoms with Gasteiger partial charge in [0.1, 0.15) is 30.0 Å². The van der Waals surface area contributed by atoms with E-state index in [0.29, 0.717) is 30.9 Å². The number of para-hydroxylation sites is 1. The lowest BCUT2D eigenvalue weighted by molar-refractivity contribution is 0.0598. The molecule has 27 heavy (non-hydrogen) atoms. The summed E-state index contributed by atoms with van der Waals surface area (Å²) in [5.41, 5.74) is 0.572. The second-order valence-electron chi connectivity index (χ2n) is 6.24. The van der Waals surface area contributed by atoms with Crippen LogP contribution in [0, 0.1) is 5.82 Å². The number of benzene rings is 2. The smallest absolute Gasteiger partial charge is 0.133 e. The Morgan fingerprint density at radius 2 is 1.81 bits per heavy atom. The van der Waals surface area contributed by atoms with Crippen LogP contribution in [0.1, 0.15) is 11.3 Å². The van der Waals surface area contributed by atoms with Crippen LogP contribution in [-0.4, -0.2) is 29.3 Å². The molecule has 1 N–H and O–H groups in total. The molecule has 0 radical (unpaired) electrons. The molecule has 2 aromatic carbocycles. The fourth-order valence-corrected chi connectivity index (χ4v) is 3.17. The van der Waals surface area contributed by atoms with E-state index in [1.54, 1.807) is 24.5 Å².